The molecule has 3 atom stereocenters. The minimum Gasteiger partial charge on any atom is -0.469 e. The lowest BCUT2D eigenvalue weighted by molar-refractivity contribution is -0.137. The first-order valence-electron chi connectivity index (χ1n) is 12.0. The molecule has 0 bridgehead atoms. The Hall–Kier alpha value is -2.22. The second-order valence-electron chi connectivity index (χ2n) is 10.0. The van der Waals surface area contributed by atoms with Crippen LogP contribution in [0.1, 0.15) is 58.4 Å². The van der Waals surface area contributed by atoms with Crippen LogP contribution in [0.4, 0.5) is 4.79 Å². The van der Waals surface area contributed by atoms with Crippen LogP contribution in [0.25, 0.3) is 0 Å². The number of alkyl carbamates (subject to hydrolysis) is 1. The third-order valence-corrected chi connectivity index (χ3v) is 7.11. The molecular weight excluding hydrogens is 471 g/mol. The summed E-state index contributed by atoms with van der Waals surface area (Å²) in [4.78, 5) is 38.1. The first-order valence-corrected chi connectivity index (χ1v) is 13.6. The van der Waals surface area contributed by atoms with Crippen molar-refractivity contribution in [1.29, 1.82) is 0 Å². The van der Waals surface area contributed by atoms with Crippen molar-refractivity contribution in [2.45, 2.75) is 76.5 Å². The predicted molar refractivity (Wildman–Crippen MR) is 134 cm³/mol. The quantitative estimate of drug-likeness (QED) is 0.340. The molecule has 0 saturated heterocycles. The number of ketones is 1. The number of carbonyl (C=O) groups is 3. The molecule has 10 heteroatoms. The van der Waals surface area contributed by atoms with Crippen molar-refractivity contribution < 1.29 is 32.9 Å². The van der Waals surface area contributed by atoms with E-state index in [2.05, 4.69) is 10.1 Å². The number of esters is 1. The third-order valence-electron chi connectivity index (χ3n) is 6.07. The SMILES string of the molecule is COC(=O)C[PH](=O)OCC(N)(C(=O)[C@H](Cc1ccccc1)NC(=O)OC(C)(C)C)C1CCCCC1. The van der Waals surface area contributed by atoms with Gasteiger partial charge in [-0.3, -0.25) is 14.2 Å². The smallest absolute Gasteiger partial charge is 0.408 e. The second kappa shape index (κ2) is 13.2. The summed E-state index contributed by atoms with van der Waals surface area (Å²) in [5.74, 6) is -1.28. The van der Waals surface area contributed by atoms with Crippen LogP contribution in [0.3, 0.4) is 0 Å². The van der Waals surface area contributed by atoms with Crippen LogP contribution >= 0.6 is 8.03 Å². The molecule has 0 heterocycles. The van der Waals surface area contributed by atoms with Gasteiger partial charge in [0.1, 0.15) is 17.3 Å². The Bertz CT molecular complexity index is 882. The van der Waals surface area contributed by atoms with Crippen LogP contribution in [0.2, 0.25) is 0 Å². The van der Waals surface area contributed by atoms with Gasteiger partial charge >= 0.3 is 12.1 Å². The molecule has 1 saturated carbocycles. The first-order chi connectivity index (χ1) is 16.4. The van der Waals surface area contributed by atoms with Gasteiger partial charge in [0.15, 0.2) is 5.78 Å². The zero-order valence-electron chi connectivity index (χ0n) is 21.1. The Morgan fingerprint density at radius 1 is 1.11 bits per heavy atom. The van der Waals surface area contributed by atoms with E-state index in [0.717, 1.165) is 24.8 Å². The van der Waals surface area contributed by atoms with E-state index >= 15 is 0 Å². The Morgan fingerprint density at radius 3 is 2.31 bits per heavy atom. The van der Waals surface area contributed by atoms with Crippen LogP contribution in [0, 0.1) is 5.92 Å². The maximum atomic E-state index is 14.0. The number of rotatable bonds is 11. The molecule has 35 heavy (non-hydrogen) atoms. The topological polar surface area (TPSA) is 134 Å². The maximum Gasteiger partial charge on any atom is 0.408 e. The van der Waals surface area contributed by atoms with E-state index in [-0.39, 0.29) is 25.1 Å². The van der Waals surface area contributed by atoms with Crippen molar-refractivity contribution in [3.05, 3.63) is 35.9 Å². The molecule has 1 aromatic rings. The van der Waals surface area contributed by atoms with Gasteiger partial charge in [0.25, 0.3) is 0 Å². The van der Waals surface area contributed by atoms with E-state index in [1.54, 1.807) is 20.8 Å². The van der Waals surface area contributed by atoms with E-state index in [4.69, 9.17) is 15.0 Å². The van der Waals surface area contributed by atoms with Gasteiger partial charge in [0, 0.05) is 0 Å². The maximum absolute atomic E-state index is 14.0. The number of methoxy groups -OCH3 is 1. The van der Waals surface area contributed by atoms with Crippen LogP contribution in [-0.2, 0) is 34.6 Å². The zero-order valence-corrected chi connectivity index (χ0v) is 22.1. The molecular formula is C25H39N2O7P. The highest BCUT2D eigenvalue weighted by molar-refractivity contribution is 7.40. The Balaban J connectivity index is 2.31. The monoisotopic (exact) mass is 510 g/mol. The average Bonchev–Trinajstić information content (AvgIpc) is 2.81. The molecule has 1 fully saturated rings. The van der Waals surface area contributed by atoms with Gasteiger partial charge in [-0.25, -0.2) is 4.79 Å². The average molecular weight is 511 g/mol. The van der Waals surface area contributed by atoms with Crippen molar-refractivity contribution in [1.82, 2.24) is 5.32 Å². The number of ether oxygens (including phenoxy) is 2. The van der Waals surface area contributed by atoms with Gasteiger partial charge < -0.3 is 25.0 Å². The lowest BCUT2D eigenvalue weighted by Crippen LogP contribution is -2.64. The zero-order chi connectivity index (χ0) is 26.1. The highest BCUT2D eigenvalue weighted by atomic mass is 31.1. The summed E-state index contributed by atoms with van der Waals surface area (Å²) >= 11 is 0. The Labute approximate surface area is 208 Å². The van der Waals surface area contributed by atoms with E-state index in [1.165, 1.54) is 7.11 Å². The van der Waals surface area contributed by atoms with Gasteiger partial charge in [0.05, 0.1) is 19.8 Å². The normalized spacial score (nSPS) is 18.1. The molecule has 0 spiro atoms. The Kier molecular flexibility index (Phi) is 10.9. The van der Waals surface area contributed by atoms with Crippen molar-refractivity contribution in [2.24, 2.45) is 11.7 Å². The number of benzene rings is 1. The molecule has 196 valence electrons. The standard InChI is InChI=1S/C25H39N2O7P/c1-24(2,3)34-23(30)27-20(15-18-11-7-5-8-12-18)22(29)25(26,19-13-9-6-10-14-19)17-33-35(31)16-21(28)32-4/h5,7-8,11-12,19-20,35H,6,9-10,13-17,26H2,1-4H3,(H,27,30)/t20-,25?/m0/s1. The molecule has 0 aromatic heterocycles. The summed E-state index contributed by atoms with van der Waals surface area (Å²) < 4.78 is 27.8. The molecule has 3 N–H and O–H groups in total. The van der Waals surface area contributed by atoms with E-state index in [1.807, 2.05) is 30.3 Å². The summed E-state index contributed by atoms with van der Waals surface area (Å²) in [5.41, 5.74) is 5.38. The summed E-state index contributed by atoms with van der Waals surface area (Å²) in [6.45, 7) is 4.90. The van der Waals surface area contributed by atoms with Crippen molar-refractivity contribution in [2.75, 3.05) is 19.9 Å². The van der Waals surface area contributed by atoms with E-state index in [9.17, 15) is 18.9 Å². The molecule has 1 aliphatic rings. The minimum absolute atomic E-state index is 0.210. The van der Waals surface area contributed by atoms with Gasteiger partial charge in [-0.05, 0) is 51.5 Å². The molecule has 0 radical (unpaired) electrons. The number of amides is 1. The number of nitrogens with two attached hydrogens (primary N) is 1. The van der Waals surface area contributed by atoms with Crippen LogP contribution in [-0.4, -0.2) is 54.9 Å². The van der Waals surface area contributed by atoms with Crippen LogP contribution in [0.5, 0.6) is 0 Å². The summed E-state index contributed by atoms with van der Waals surface area (Å²) in [6, 6.07) is 8.31. The highest BCUT2D eigenvalue weighted by Crippen LogP contribution is 2.35. The summed E-state index contributed by atoms with van der Waals surface area (Å²) in [7, 11) is -1.60. The fourth-order valence-corrected chi connectivity index (χ4v) is 5.16. The molecule has 1 amide bonds. The van der Waals surface area contributed by atoms with Crippen molar-refractivity contribution in [3.8, 4) is 0 Å². The number of Topliss-reactive ketones (excluding diaryl/α,β-unsaturated/α-hetero) is 1. The lowest BCUT2D eigenvalue weighted by atomic mass is 9.71. The minimum atomic E-state index is -2.80. The summed E-state index contributed by atoms with van der Waals surface area (Å²) in [6.07, 6.45) is 3.40. The van der Waals surface area contributed by atoms with Gasteiger partial charge in [0.2, 0.25) is 8.03 Å². The van der Waals surface area contributed by atoms with Gasteiger partial charge in [-0.2, -0.15) is 0 Å². The predicted octanol–water partition coefficient (Wildman–Crippen LogP) is 3.63. The van der Waals surface area contributed by atoms with Gasteiger partial charge in [-0.15, -0.1) is 0 Å². The van der Waals surface area contributed by atoms with Gasteiger partial charge in [-0.1, -0.05) is 49.6 Å². The fourth-order valence-electron chi connectivity index (χ4n) is 4.28. The number of nitrogens with one attached hydrogen (secondary N) is 1. The van der Waals surface area contributed by atoms with E-state index < -0.39 is 43.1 Å². The number of hydrogen-bond acceptors (Lipinski definition) is 8. The third kappa shape index (κ3) is 9.39. The largest absolute Gasteiger partial charge is 0.469 e. The van der Waals surface area contributed by atoms with Crippen LogP contribution in [0.15, 0.2) is 30.3 Å². The molecule has 2 rings (SSSR count). The second-order valence-corrected chi connectivity index (χ2v) is 11.4. The lowest BCUT2D eigenvalue weighted by Gasteiger charge is -2.40. The number of carbonyl (C=O) groups excluding carboxylic acids is 3. The van der Waals surface area contributed by atoms with Crippen molar-refractivity contribution >= 4 is 25.9 Å². The summed E-state index contributed by atoms with van der Waals surface area (Å²) in [5, 5.41) is 2.71. The fraction of sp³-hybridized carbons (Fsp3) is 0.640. The molecule has 1 aliphatic carbocycles. The Morgan fingerprint density at radius 2 is 1.74 bits per heavy atom. The van der Waals surface area contributed by atoms with E-state index in [0.29, 0.717) is 12.8 Å². The van der Waals surface area contributed by atoms with Crippen LogP contribution < -0.4 is 11.1 Å². The highest BCUT2D eigenvalue weighted by Gasteiger charge is 2.46. The molecule has 1 aromatic carbocycles. The van der Waals surface area contributed by atoms with Crippen molar-refractivity contribution in [3.63, 3.8) is 0 Å². The molecule has 2 unspecified atom stereocenters. The molecule has 0 aliphatic heterocycles. The number of hydrogen-bond donors (Lipinski definition) is 2. The molecule has 9 nitrogen and oxygen atoms in total. The first kappa shape index (κ1) is 29.0.